The molecule has 1 amide bonds. The number of aromatic nitrogens is 3. The van der Waals surface area contributed by atoms with E-state index >= 15 is 8.78 Å². The van der Waals surface area contributed by atoms with E-state index in [1.54, 1.807) is 0 Å². The van der Waals surface area contributed by atoms with Crippen LogP contribution in [0.3, 0.4) is 0 Å². The number of rotatable bonds is 6. The number of nitrogens with one attached hydrogen (secondary N) is 2. The van der Waals surface area contributed by atoms with Gasteiger partial charge in [-0.1, -0.05) is 23.7 Å². The molecule has 0 saturated heterocycles. The zero-order valence-electron chi connectivity index (χ0n) is 22.8. The van der Waals surface area contributed by atoms with Crippen LogP contribution in [0.5, 0.6) is 0 Å². The lowest BCUT2D eigenvalue weighted by molar-refractivity contribution is -0.181. The normalized spacial score (nSPS) is 31.4. The molecule has 1 aromatic carbocycles. The molecule has 6 rings (SSSR count). The highest BCUT2D eigenvalue weighted by Crippen LogP contribution is 2.71. The number of benzene rings is 1. The van der Waals surface area contributed by atoms with E-state index in [0.717, 1.165) is 11.4 Å². The average molecular weight is 631 g/mol. The van der Waals surface area contributed by atoms with Gasteiger partial charge in [0.05, 0.1) is 23.5 Å². The second kappa shape index (κ2) is 9.01. The summed E-state index contributed by atoms with van der Waals surface area (Å²) in [6.45, 7) is 1.95. The van der Waals surface area contributed by atoms with Crippen LogP contribution in [-0.4, -0.2) is 61.4 Å². The number of hydrogen-bond donors (Lipinski definition) is 2. The van der Waals surface area contributed by atoms with Crippen LogP contribution in [0.15, 0.2) is 36.5 Å². The number of hydrogen-bond acceptors (Lipinski definition) is 6. The molecule has 0 spiro atoms. The van der Waals surface area contributed by atoms with Crippen molar-refractivity contribution in [2.45, 2.75) is 55.4 Å². The minimum Gasteiger partial charge on any atom is -0.355 e. The molecule has 3 aliphatic rings. The van der Waals surface area contributed by atoms with Crippen LogP contribution in [-0.2, 0) is 19.9 Å². The van der Waals surface area contributed by atoms with Gasteiger partial charge in [-0.3, -0.25) is 9.57 Å². The van der Waals surface area contributed by atoms with Gasteiger partial charge in [-0.15, -0.1) is 0 Å². The third-order valence-electron chi connectivity index (χ3n) is 9.29. The smallest absolute Gasteiger partial charge is 0.355 e. The maximum atomic E-state index is 15.1. The minimum atomic E-state index is -4.65. The van der Waals surface area contributed by atoms with Gasteiger partial charge in [0.1, 0.15) is 10.8 Å². The summed E-state index contributed by atoms with van der Waals surface area (Å²) in [5.41, 5.74) is -3.59. The van der Waals surface area contributed by atoms with Crippen LogP contribution >= 0.6 is 11.6 Å². The molecule has 3 heterocycles. The van der Waals surface area contributed by atoms with E-state index in [-0.39, 0.29) is 45.5 Å². The van der Waals surface area contributed by atoms with Crippen molar-refractivity contribution < 1.29 is 31.0 Å². The van der Waals surface area contributed by atoms with Crippen molar-refractivity contribution in [3.63, 3.8) is 0 Å². The molecule has 2 fully saturated rings. The Morgan fingerprint density at radius 1 is 1.21 bits per heavy atom. The monoisotopic (exact) mass is 630 g/mol. The van der Waals surface area contributed by atoms with E-state index in [4.69, 9.17) is 16.4 Å². The summed E-state index contributed by atoms with van der Waals surface area (Å²) >= 11 is 5.96. The number of halogens is 6. The third-order valence-corrected chi connectivity index (χ3v) is 11.1. The second-order valence-electron chi connectivity index (χ2n) is 12.1. The van der Waals surface area contributed by atoms with Gasteiger partial charge >= 0.3 is 6.18 Å². The fourth-order valence-electron chi connectivity index (χ4n) is 6.37. The first-order valence-corrected chi connectivity index (χ1v) is 15.7. The molecule has 0 unspecified atom stereocenters. The number of anilines is 2. The highest BCUT2D eigenvalue weighted by Gasteiger charge is 2.82. The van der Waals surface area contributed by atoms with Crippen LogP contribution in [0.25, 0.3) is 5.65 Å². The first-order valence-electron chi connectivity index (χ1n) is 13.3. The number of alkyl halides is 5. The molecule has 2 aliphatic carbocycles. The lowest BCUT2D eigenvalue weighted by atomic mass is 9.84. The molecule has 2 aromatic heterocycles. The number of fused-ring (bicyclic) bond motifs is 3. The number of nitrogens with zero attached hydrogens (tertiary/aromatic N) is 4. The topological polar surface area (TPSA) is 103 Å². The standard InChI is InChI=1S/C27H28ClF5N6O2S/c1-24(27(31,32)33)13-38(18-12-35-20-10-19(28)37-39(20)22(18)24)16-6-4-15(5-7-16)21-25(2,26(21,29)30)23(40)36-11-14-8-17(9-14)42(3,34)41/h4-7,10,12,14,17,21,34H,8-9,11,13H2,1-3H3,(H,36,40)/t14?,17?,21-,24-,25+,42+/m1/s1. The Balaban J connectivity index is 1.23. The molecule has 42 heavy (non-hydrogen) atoms. The lowest BCUT2D eigenvalue weighted by Gasteiger charge is -2.35. The van der Waals surface area contributed by atoms with Crippen LogP contribution < -0.4 is 10.2 Å². The Morgan fingerprint density at radius 2 is 1.86 bits per heavy atom. The summed E-state index contributed by atoms with van der Waals surface area (Å²) in [4.78, 5) is 18.5. The van der Waals surface area contributed by atoms with Crippen molar-refractivity contribution in [2.75, 3.05) is 24.2 Å². The Labute approximate surface area is 243 Å². The highest BCUT2D eigenvalue weighted by molar-refractivity contribution is 7.92. The average Bonchev–Trinajstić information content (AvgIpc) is 3.14. The molecule has 0 bridgehead atoms. The molecule has 4 atom stereocenters. The van der Waals surface area contributed by atoms with Crippen LogP contribution in [0.1, 0.15) is 43.9 Å². The number of carbonyl (C=O) groups is 1. The quantitative estimate of drug-likeness (QED) is 0.342. The molecular formula is C27H28ClF5N6O2S. The van der Waals surface area contributed by atoms with Gasteiger partial charge in [-0.2, -0.15) is 18.3 Å². The van der Waals surface area contributed by atoms with Crippen LogP contribution in [0.2, 0.25) is 5.15 Å². The molecule has 3 aromatic rings. The number of carbonyl (C=O) groups excluding carboxylic acids is 1. The maximum absolute atomic E-state index is 15.1. The highest BCUT2D eigenvalue weighted by atomic mass is 35.5. The Bertz CT molecular complexity index is 1710. The first kappa shape index (κ1) is 29.1. The molecule has 0 radical (unpaired) electrons. The van der Waals surface area contributed by atoms with Gasteiger partial charge in [0.15, 0.2) is 10.8 Å². The lowest BCUT2D eigenvalue weighted by Crippen LogP contribution is -2.43. The number of amides is 1. The van der Waals surface area contributed by atoms with Crippen molar-refractivity contribution in [3.05, 3.63) is 52.9 Å². The molecule has 2 N–H and O–H groups in total. The van der Waals surface area contributed by atoms with E-state index < -0.39 is 51.0 Å². The summed E-state index contributed by atoms with van der Waals surface area (Å²) in [6, 6.07) is 7.11. The summed E-state index contributed by atoms with van der Waals surface area (Å²) in [7, 11) is -2.67. The van der Waals surface area contributed by atoms with E-state index in [1.807, 2.05) is 0 Å². The van der Waals surface area contributed by atoms with E-state index in [0.29, 0.717) is 18.5 Å². The van der Waals surface area contributed by atoms with Gasteiger partial charge in [0, 0.05) is 46.1 Å². The molecule has 2 saturated carbocycles. The Kier molecular flexibility index (Phi) is 6.24. The fraction of sp³-hybridized carbons (Fsp3) is 0.519. The van der Waals surface area contributed by atoms with Gasteiger partial charge < -0.3 is 10.2 Å². The van der Waals surface area contributed by atoms with Crippen LogP contribution in [0, 0.1) is 16.1 Å². The van der Waals surface area contributed by atoms with Crippen molar-refractivity contribution in [2.24, 2.45) is 11.3 Å². The van der Waals surface area contributed by atoms with E-state index in [1.165, 1.54) is 54.6 Å². The predicted molar refractivity (Wildman–Crippen MR) is 147 cm³/mol. The van der Waals surface area contributed by atoms with E-state index in [9.17, 15) is 22.2 Å². The molecule has 8 nitrogen and oxygen atoms in total. The van der Waals surface area contributed by atoms with Crippen LogP contribution in [0.4, 0.5) is 33.3 Å². The molecule has 1 aliphatic heterocycles. The van der Waals surface area contributed by atoms with Gasteiger partial charge in [-0.25, -0.2) is 22.5 Å². The second-order valence-corrected chi connectivity index (χ2v) is 14.9. The Morgan fingerprint density at radius 3 is 2.45 bits per heavy atom. The third kappa shape index (κ3) is 4.11. The molecule has 226 valence electrons. The zero-order chi connectivity index (χ0) is 30.6. The minimum absolute atomic E-state index is 0.00291. The van der Waals surface area contributed by atoms with Gasteiger partial charge in [0.25, 0.3) is 5.92 Å². The molecular weight excluding hydrogens is 603 g/mol. The van der Waals surface area contributed by atoms with Crippen molar-refractivity contribution >= 4 is 44.3 Å². The summed E-state index contributed by atoms with van der Waals surface area (Å²) in [6.07, 6.45) is -0.961. The summed E-state index contributed by atoms with van der Waals surface area (Å²) in [5.74, 6) is -5.55. The van der Waals surface area contributed by atoms with Crippen molar-refractivity contribution in [1.29, 1.82) is 4.78 Å². The van der Waals surface area contributed by atoms with Crippen molar-refractivity contribution in [1.82, 2.24) is 19.9 Å². The maximum Gasteiger partial charge on any atom is 0.401 e. The zero-order valence-corrected chi connectivity index (χ0v) is 24.4. The van der Waals surface area contributed by atoms with Crippen molar-refractivity contribution in [3.8, 4) is 0 Å². The summed E-state index contributed by atoms with van der Waals surface area (Å²) < 4.78 is 94.0. The predicted octanol–water partition coefficient (Wildman–Crippen LogP) is 5.66. The Hall–Kier alpha value is -3.00. The van der Waals surface area contributed by atoms with Gasteiger partial charge in [0.2, 0.25) is 5.91 Å². The molecule has 15 heteroatoms. The summed E-state index contributed by atoms with van der Waals surface area (Å²) in [5, 5.41) is 6.37. The van der Waals surface area contributed by atoms with Gasteiger partial charge in [-0.05, 0) is 50.3 Å². The SMILES string of the molecule is C[C@@]1(C(F)(F)F)CN(c2ccc([C@H]3C(F)(F)[C@]3(C)C(=O)NCC3CC([S@@](C)(=N)=O)C3)cc2)c2cnc3cc(Cl)nn3c21. The van der Waals surface area contributed by atoms with E-state index in [2.05, 4.69) is 15.4 Å². The largest absolute Gasteiger partial charge is 0.401 e. The first-order chi connectivity index (χ1) is 19.4. The fourth-order valence-corrected chi connectivity index (χ4v) is 7.83.